The van der Waals surface area contributed by atoms with Gasteiger partial charge in [0.1, 0.15) is 0 Å². The molecule has 9 heteroatoms. The molecule has 2 aliphatic rings. The van der Waals surface area contributed by atoms with Gasteiger partial charge in [-0.05, 0) is 72.2 Å². The first-order valence-electron chi connectivity index (χ1n) is 10.5. The summed E-state index contributed by atoms with van der Waals surface area (Å²) >= 11 is 6.14. The number of hydrogen-bond acceptors (Lipinski definition) is 7. The van der Waals surface area contributed by atoms with Crippen LogP contribution in [0.1, 0.15) is 30.7 Å². The van der Waals surface area contributed by atoms with Crippen molar-refractivity contribution in [2.45, 2.75) is 37.3 Å². The lowest BCUT2D eigenvalue weighted by molar-refractivity contribution is -0.383. The Labute approximate surface area is 184 Å². The minimum absolute atomic E-state index is 0.0940. The van der Waals surface area contributed by atoms with Crippen LogP contribution in [-0.4, -0.2) is 52.9 Å². The molecule has 0 aliphatic carbocycles. The van der Waals surface area contributed by atoms with Gasteiger partial charge in [0.05, 0.1) is 10.6 Å². The molecular formula is C22H24ClN5O3. The highest BCUT2D eigenvalue weighted by molar-refractivity contribution is 6.30. The first kappa shape index (κ1) is 20.2. The second-order valence-corrected chi connectivity index (χ2v) is 9.16. The monoisotopic (exact) mass is 441 g/mol. The number of nitrogens with zero attached hydrogens (tertiary/aromatic N) is 5. The molecule has 0 spiro atoms. The van der Waals surface area contributed by atoms with Crippen molar-refractivity contribution in [3.8, 4) is 0 Å². The van der Waals surface area contributed by atoms with Crippen LogP contribution in [0.2, 0.25) is 5.02 Å². The number of halogens is 1. The molecule has 2 aliphatic heterocycles. The zero-order valence-corrected chi connectivity index (χ0v) is 18.2. The normalized spacial score (nSPS) is 25.8. The molecule has 0 saturated carbocycles. The Bertz CT molecular complexity index is 1120. The van der Waals surface area contributed by atoms with Crippen molar-refractivity contribution in [2.75, 3.05) is 25.5 Å². The average molecular weight is 442 g/mol. The quantitative estimate of drug-likeness (QED) is 0.425. The zero-order chi connectivity index (χ0) is 21.7. The predicted octanol–water partition coefficient (Wildman–Crippen LogP) is 4.49. The Morgan fingerprint density at radius 2 is 1.94 bits per heavy atom. The van der Waals surface area contributed by atoms with E-state index in [1.807, 2.05) is 19.2 Å². The minimum Gasteiger partial charge on any atom is -0.372 e. The first-order chi connectivity index (χ1) is 14.9. The molecule has 3 aromatic rings. The molecule has 5 rings (SSSR count). The Kier molecular flexibility index (Phi) is 5.06. The van der Waals surface area contributed by atoms with E-state index in [1.165, 1.54) is 24.5 Å². The summed E-state index contributed by atoms with van der Waals surface area (Å²) in [5, 5.41) is 19.8. The van der Waals surface area contributed by atoms with Crippen LogP contribution in [0.25, 0.3) is 11.0 Å². The van der Waals surface area contributed by atoms with E-state index < -0.39 is 4.92 Å². The fourth-order valence-electron chi connectivity index (χ4n) is 5.63. The lowest BCUT2D eigenvalue weighted by atomic mass is 9.76. The Morgan fingerprint density at radius 3 is 2.68 bits per heavy atom. The molecule has 0 N–H and O–H groups in total. The molecule has 2 unspecified atom stereocenters. The lowest BCUT2D eigenvalue weighted by Crippen LogP contribution is -2.49. The summed E-state index contributed by atoms with van der Waals surface area (Å²) in [5.41, 5.74) is 2.63. The smallest absolute Gasteiger partial charge is 0.300 e. The molecule has 8 nitrogen and oxygen atoms in total. The zero-order valence-electron chi connectivity index (χ0n) is 17.4. The number of piperidine rings is 1. The molecule has 4 atom stereocenters. The number of rotatable bonds is 5. The van der Waals surface area contributed by atoms with Crippen LogP contribution < -0.4 is 4.90 Å². The first-order valence-corrected chi connectivity index (χ1v) is 10.9. The van der Waals surface area contributed by atoms with E-state index in [1.54, 1.807) is 6.07 Å². The van der Waals surface area contributed by atoms with Gasteiger partial charge < -0.3 is 9.80 Å². The summed E-state index contributed by atoms with van der Waals surface area (Å²) in [7, 11) is 4.24. The number of fused-ring (bicyclic) bond motifs is 3. The minimum atomic E-state index is -0.457. The number of benzene rings is 2. The van der Waals surface area contributed by atoms with Gasteiger partial charge in [0.2, 0.25) is 5.52 Å². The van der Waals surface area contributed by atoms with E-state index in [9.17, 15) is 10.1 Å². The van der Waals surface area contributed by atoms with Crippen molar-refractivity contribution in [2.24, 2.45) is 5.92 Å². The third kappa shape index (κ3) is 3.43. The highest BCUT2D eigenvalue weighted by Gasteiger charge is 2.46. The molecule has 2 aromatic carbocycles. The fourth-order valence-corrected chi connectivity index (χ4v) is 5.76. The Balaban J connectivity index is 1.48. The summed E-state index contributed by atoms with van der Waals surface area (Å²) in [4.78, 5) is 15.5. The molecule has 2 saturated heterocycles. The topological polar surface area (TPSA) is 88.5 Å². The van der Waals surface area contributed by atoms with Crippen molar-refractivity contribution < 1.29 is 9.55 Å². The second kappa shape index (κ2) is 7.76. The van der Waals surface area contributed by atoms with E-state index in [0.29, 0.717) is 29.4 Å². The van der Waals surface area contributed by atoms with E-state index in [-0.39, 0.29) is 11.2 Å². The third-order valence-electron chi connectivity index (χ3n) is 7.20. The van der Waals surface area contributed by atoms with Crippen LogP contribution in [0.4, 0.5) is 11.4 Å². The number of nitro groups is 1. The molecule has 1 aromatic heterocycles. The van der Waals surface area contributed by atoms with Gasteiger partial charge in [-0.25, -0.2) is 4.63 Å². The number of anilines is 1. The molecule has 0 radical (unpaired) electrons. The average Bonchev–Trinajstić information content (AvgIpc) is 3.32. The lowest BCUT2D eigenvalue weighted by Gasteiger charge is -2.45. The van der Waals surface area contributed by atoms with E-state index in [4.69, 9.17) is 16.2 Å². The summed E-state index contributed by atoms with van der Waals surface area (Å²) in [5.74, 6) is 0.831. The number of non-ortho nitro benzene ring substituents is 1. The standard InChI is InChI=1S/C22H24ClN5O3/c1-26(19-9-10-20(28(29)30)22-21(19)24-31-25-22)12-17-16(13-3-5-14(23)6-4-13)11-15-7-8-18(17)27(15)2/h3-6,9-10,15-18H,7-8,11-12H2,1-2H3/t15-,16-,17?,18?/m1/s1. The molecule has 162 valence electrons. The van der Waals surface area contributed by atoms with Gasteiger partial charge in [-0.1, -0.05) is 23.7 Å². The van der Waals surface area contributed by atoms with E-state index >= 15 is 0 Å². The van der Waals surface area contributed by atoms with Gasteiger partial charge in [0.25, 0.3) is 0 Å². The highest BCUT2D eigenvalue weighted by Crippen LogP contribution is 2.47. The summed E-state index contributed by atoms with van der Waals surface area (Å²) in [6, 6.07) is 12.6. The summed E-state index contributed by atoms with van der Waals surface area (Å²) < 4.78 is 4.85. The van der Waals surface area contributed by atoms with Gasteiger partial charge in [0.15, 0.2) is 5.52 Å². The predicted molar refractivity (Wildman–Crippen MR) is 119 cm³/mol. The van der Waals surface area contributed by atoms with Crippen LogP contribution in [0.5, 0.6) is 0 Å². The van der Waals surface area contributed by atoms with Gasteiger partial charge in [-0.15, -0.1) is 0 Å². The second-order valence-electron chi connectivity index (χ2n) is 8.72. The Morgan fingerprint density at radius 1 is 1.19 bits per heavy atom. The third-order valence-corrected chi connectivity index (χ3v) is 7.45. The largest absolute Gasteiger partial charge is 0.372 e. The Hall–Kier alpha value is -2.71. The van der Waals surface area contributed by atoms with Crippen LogP contribution in [0.3, 0.4) is 0 Å². The summed E-state index contributed by atoms with van der Waals surface area (Å²) in [6.07, 6.45) is 3.53. The van der Waals surface area contributed by atoms with Crippen molar-refractivity contribution in [1.82, 2.24) is 15.2 Å². The molecule has 31 heavy (non-hydrogen) atoms. The molecule has 2 bridgehead atoms. The maximum Gasteiger partial charge on any atom is 0.300 e. The van der Waals surface area contributed by atoms with E-state index in [0.717, 1.165) is 23.7 Å². The van der Waals surface area contributed by atoms with Crippen molar-refractivity contribution in [3.05, 3.63) is 57.1 Å². The van der Waals surface area contributed by atoms with Crippen LogP contribution in [0, 0.1) is 16.0 Å². The van der Waals surface area contributed by atoms with Crippen molar-refractivity contribution in [1.29, 1.82) is 0 Å². The van der Waals surface area contributed by atoms with Gasteiger partial charge in [-0.3, -0.25) is 10.1 Å². The number of hydrogen-bond donors (Lipinski definition) is 0. The van der Waals surface area contributed by atoms with Crippen molar-refractivity contribution in [3.63, 3.8) is 0 Å². The van der Waals surface area contributed by atoms with Crippen LogP contribution in [0.15, 0.2) is 41.0 Å². The summed E-state index contributed by atoms with van der Waals surface area (Å²) in [6.45, 7) is 0.800. The molecular weight excluding hydrogens is 418 g/mol. The van der Waals surface area contributed by atoms with Gasteiger partial charge >= 0.3 is 5.69 Å². The maximum absolute atomic E-state index is 11.3. The van der Waals surface area contributed by atoms with Crippen LogP contribution >= 0.6 is 11.6 Å². The maximum atomic E-state index is 11.3. The van der Waals surface area contributed by atoms with Gasteiger partial charge in [0, 0.05) is 36.8 Å². The molecule has 0 amide bonds. The van der Waals surface area contributed by atoms with Gasteiger partial charge in [-0.2, -0.15) is 0 Å². The number of aromatic nitrogens is 2. The van der Waals surface area contributed by atoms with Crippen LogP contribution in [-0.2, 0) is 0 Å². The van der Waals surface area contributed by atoms with Crippen molar-refractivity contribution >= 4 is 34.0 Å². The fraction of sp³-hybridized carbons (Fsp3) is 0.455. The SMILES string of the molecule is CN(CC1C2CC[C@H](C[C@@H]1c1ccc(Cl)cc1)N2C)c1ccc([N+](=O)[O-])c2nonc12. The highest BCUT2D eigenvalue weighted by atomic mass is 35.5. The number of nitro benzene ring substituents is 1. The van der Waals surface area contributed by atoms with E-state index in [2.05, 4.69) is 39.3 Å². The molecule has 2 fully saturated rings. The molecule has 3 heterocycles.